The molecule has 1 aliphatic heterocycles. The van der Waals surface area contributed by atoms with Gasteiger partial charge in [-0.3, -0.25) is 0 Å². The lowest BCUT2D eigenvalue weighted by Gasteiger charge is -2.43. The van der Waals surface area contributed by atoms with E-state index in [9.17, 15) is 0 Å². The highest BCUT2D eigenvalue weighted by molar-refractivity contribution is 4.91. The number of hydrogen-bond acceptors (Lipinski definition) is 3. The molecule has 0 amide bonds. The van der Waals surface area contributed by atoms with Crippen molar-refractivity contribution in [1.29, 1.82) is 0 Å². The van der Waals surface area contributed by atoms with Crippen LogP contribution in [0.25, 0.3) is 0 Å². The Balaban J connectivity index is 2.62. The molecule has 0 spiro atoms. The Labute approximate surface area is 93.0 Å². The maximum atomic E-state index is 9.15. The van der Waals surface area contributed by atoms with Gasteiger partial charge in [-0.25, -0.2) is 0 Å². The highest BCUT2D eigenvalue weighted by Crippen LogP contribution is 2.40. The molecular formula is C12H25NO2. The van der Waals surface area contributed by atoms with E-state index in [-0.39, 0.29) is 18.1 Å². The van der Waals surface area contributed by atoms with Gasteiger partial charge in [0.25, 0.3) is 0 Å². The van der Waals surface area contributed by atoms with Crippen LogP contribution in [-0.4, -0.2) is 30.5 Å². The average Bonchev–Trinajstić information content (AvgIpc) is 2.19. The van der Waals surface area contributed by atoms with Crippen LogP contribution < -0.4 is 5.73 Å². The predicted octanol–water partition coefficient (Wildman–Crippen LogP) is 1.68. The first-order valence-corrected chi connectivity index (χ1v) is 6.12. The zero-order valence-electron chi connectivity index (χ0n) is 10.0. The number of aliphatic hydroxyl groups excluding tert-OH is 1. The first-order valence-electron chi connectivity index (χ1n) is 6.12. The minimum atomic E-state index is 0.104. The molecule has 0 aliphatic carbocycles. The van der Waals surface area contributed by atoms with Gasteiger partial charge in [-0.05, 0) is 38.0 Å². The van der Waals surface area contributed by atoms with Gasteiger partial charge in [-0.15, -0.1) is 0 Å². The second-order valence-corrected chi connectivity index (χ2v) is 4.86. The van der Waals surface area contributed by atoms with Crippen molar-refractivity contribution in [2.24, 2.45) is 11.1 Å². The molecule has 3 atom stereocenters. The molecule has 3 unspecified atom stereocenters. The van der Waals surface area contributed by atoms with E-state index in [1.807, 2.05) is 0 Å². The van der Waals surface area contributed by atoms with Crippen LogP contribution in [0.5, 0.6) is 0 Å². The highest BCUT2D eigenvalue weighted by atomic mass is 16.5. The van der Waals surface area contributed by atoms with Gasteiger partial charge in [0.15, 0.2) is 0 Å². The summed E-state index contributed by atoms with van der Waals surface area (Å²) in [6.07, 6.45) is 5.43. The van der Waals surface area contributed by atoms with Crippen molar-refractivity contribution in [2.45, 2.75) is 58.1 Å². The smallest absolute Gasteiger partial charge is 0.0581 e. The molecular weight excluding hydrogens is 190 g/mol. The first kappa shape index (κ1) is 12.9. The molecule has 1 rings (SSSR count). The van der Waals surface area contributed by atoms with Crippen LogP contribution in [0.3, 0.4) is 0 Å². The second-order valence-electron chi connectivity index (χ2n) is 4.86. The molecule has 0 aromatic carbocycles. The molecule has 0 radical (unpaired) electrons. The number of aliphatic hydroxyl groups is 1. The predicted molar refractivity (Wildman–Crippen MR) is 61.7 cm³/mol. The molecule has 3 nitrogen and oxygen atoms in total. The lowest BCUT2D eigenvalue weighted by molar-refractivity contribution is -0.0672. The van der Waals surface area contributed by atoms with Crippen molar-refractivity contribution in [3.63, 3.8) is 0 Å². The van der Waals surface area contributed by atoms with Crippen LogP contribution in [-0.2, 0) is 4.74 Å². The quantitative estimate of drug-likeness (QED) is 0.733. The van der Waals surface area contributed by atoms with Crippen molar-refractivity contribution < 1.29 is 9.84 Å². The van der Waals surface area contributed by atoms with E-state index in [4.69, 9.17) is 15.6 Å². The summed E-state index contributed by atoms with van der Waals surface area (Å²) < 4.78 is 5.73. The minimum Gasteiger partial charge on any atom is -0.396 e. The van der Waals surface area contributed by atoms with Crippen LogP contribution in [0, 0.1) is 5.41 Å². The molecule has 90 valence electrons. The second kappa shape index (κ2) is 5.83. The topological polar surface area (TPSA) is 55.5 Å². The van der Waals surface area contributed by atoms with Crippen molar-refractivity contribution in [2.75, 3.05) is 13.2 Å². The molecule has 15 heavy (non-hydrogen) atoms. The summed E-state index contributed by atoms with van der Waals surface area (Å²) in [4.78, 5) is 0. The van der Waals surface area contributed by atoms with E-state index in [0.29, 0.717) is 6.10 Å². The maximum Gasteiger partial charge on any atom is 0.0581 e. The summed E-state index contributed by atoms with van der Waals surface area (Å²) in [5.74, 6) is 0. The van der Waals surface area contributed by atoms with E-state index < -0.39 is 0 Å². The van der Waals surface area contributed by atoms with Gasteiger partial charge in [0.05, 0.1) is 6.10 Å². The van der Waals surface area contributed by atoms with Crippen molar-refractivity contribution >= 4 is 0 Å². The Morgan fingerprint density at radius 2 is 2.33 bits per heavy atom. The fraction of sp³-hybridized carbons (Fsp3) is 1.00. The third kappa shape index (κ3) is 3.16. The van der Waals surface area contributed by atoms with E-state index >= 15 is 0 Å². The number of nitrogens with two attached hydrogens (primary N) is 1. The van der Waals surface area contributed by atoms with Crippen LogP contribution in [0.2, 0.25) is 0 Å². The van der Waals surface area contributed by atoms with E-state index in [2.05, 4.69) is 13.8 Å². The van der Waals surface area contributed by atoms with Crippen LogP contribution in [0.15, 0.2) is 0 Å². The average molecular weight is 215 g/mol. The van der Waals surface area contributed by atoms with Crippen LogP contribution in [0.1, 0.15) is 46.0 Å². The molecule has 0 aromatic heterocycles. The summed E-state index contributed by atoms with van der Waals surface area (Å²) in [5.41, 5.74) is 6.18. The molecule has 0 bridgehead atoms. The Hall–Kier alpha value is -0.120. The fourth-order valence-electron chi connectivity index (χ4n) is 2.64. The molecule has 1 aliphatic rings. The van der Waals surface area contributed by atoms with Crippen LogP contribution in [0.4, 0.5) is 0 Å². The molecule has 3 heteroatoms. The molecule has 1 saturated heterocycles. The number of ether oxygens (including phenoxy) is 1. The monoisotopic (exact) mass is 215 g/mol. The van der Waals surface area contributed by atoms with Crippen molar-refractivity contribution in [3.8, 4) is 0 Å². The fourth-order valence-corrected chi connectivity index (χ4v) is 2.64. The number of hydrogen-bond donors (Lipinski definition) is 2. The maximum absolute atomic E-state index is 9.15. The summed E-state index contributed by atoms with van der Waals surface area (Å²) in [6, 6.07) is 0.146. The Morgan fingerprint density at radius 3 is 2.87 bits per heavy atom. The molecule has 3 N–H and O–H groups in total. The van der Waals surface area contributed by atoms with Crippen molar-refractivity contribution in [1.82, 2.24) is 0 Å². The van der Waals surface area contributed by atoms with E-state index in [1.165, 1.54) is 0 Å². The van der Waals surface area contributed by atoms with Crippen molar-refractivity contribution in [3.05, 3.63) is 0 Å². The number of rotatable bonds is 5. The lowest BCUT2D eigenvalue weighted by atomic mass is 9.70. The molecule has 0 saturated carbocycles. The highest BCUT2D eigenvalue weighted by Gasteiger charge is 2.39. The molecule has 0 aromatic rings. The van der Waals surface area contributed by atoms with Gasteiger partial charge in [-0.1, -0.05) is 13.3 Å². The van der Waals surface area contributed by atoms with Gasteiger partial charge >= 0.3 is 0 Å². The first-order chi connectivity index (χ1) is 7.14. The normalized spacial score (nSPS) is 34.0. The Kier molecular flexibility index (Phi) is 5.03. The summed E-state index contributed by atoms with van der Waals surface area (Å²) >= 11 is 0. The van der Waals surface area contributed by atoms with Gasteiger partial charge in [0.2, 0.25) is 0 Å². The van der Waals surface area contributed by atoms with E-state index in [1.54, 1.807) is 0 Å². The summed E-state index contributed by atoms with van der Waals surface area (Å²) in [5, 5.41) is 9.15. The summed E-state index contributed by atoms with van der Waals surface area (Å²) in [6.45, 7) is 5.27. The standard InChI is InChI=1S/C12H25NO2/c1-3-4-11-9-12(5-7-14,10(2)13)6-8-15-11/h10-11,14H,3-9,13H2,1-2H3. The third-order valence-corrected chi connectivity index (χ3v) is 3.77. The Bertz CT molecular complexity index is 178. The Morgan fingerprint density at radius 1 is 1.60 bits per heavy atom. The molecule has 1 fully saturated rings. The zero-order chi connectivity index (χ0) is 11.3. The van der Waals surface area contributed by atoms with Gasteiger partial charge in [0.1, 0.15) is 0 Å². The van der Waals surface area contributed by atoms with Gasteiger partial charge < -0.3 is 15.6 Å². The summed E-state index contributed by atoms with van der Waals surface area (Å²) in [7, 11) is 0. The third-order valence-electron chi connectivity index (χ3n) is 3.77. The van der Waals surface area contributed by atoms with Crippen LogP contribution >= 0.6 is 0 Å². The van der Waals surface area contributed by atoms with Gasteiger partial charge in [0, 0.05) is 19.3 Å². The zero-order valence-corrected chi connectivity index (χ0v) is 10.0. The minimum absolute atomic E-state index is 0.104. The van der Waals surface area contributed by atoms with E-state index in [0.717, 1.165) is 38.7 Å². The molecule has 1 heterocycles. The SMILES string of the molecule is CCCC1CC(CCO)(C(C)N)CCO1. The lowest BCUT2D eigenvalue weighted by Crippen LogP contribution is -2.47. The largest absolute Gasteiger partial charge is 0.396 e. The van der Waals surface area contributed by atoms with Gasteiger partial charge in [-0.2, -0.15) is 0 Å².